The number of benzene rings is 1. The van der Waals surface area contributed by atoms with Gasteiger partial charge in [0.05, 0.1) is 0 Å². The Labute approximate surface area is 88.6 Å². The van der Waals surface area contributed by atoms with Crippen LogP contribution in [0.4, 0.5) is 0 Å². The Morgan fingerprint density at radius 3 is 3.00 bits per heavy atom. The molecule has 0 unspecified atom stereocenters. The maximum absolute atomic E-state index is 11.1. The molecule has 1 aromatic heterocycles. The zero-order chi connectivity index (χ0) is 10.7. The van der Waals surface area contributed by atoms with E-state index in [-0.39, 0.29) is 5.78 Å². The second-order valence-electron chi connectivity index (χ2n) is 3.53. The van der Waals surface area contributed by atoms with Crippen molar-refractivity contribution in [3.8, 4) is 0 Å². The quantitative estimate of drug-likeness (QED) is 0.754. The lowest BCUT2D eigenvalue weighted by Crippen LogP contribution is -1.94. The molecule has 0 bridgehead atoms. The SMILES string of the molecule is C=CC(=O)CCc1c[nH]c2ccccc12. The van der Waals surface area contributed by atoms with Crippen molar-refractivity contribution in [2.45, 2.75) is 12.8 Å². The Hall–Kier alpha value is -1.83. The second kappa shape index (κ2) is 4.13. The highest BCUT2D eigenvalue weighted by atomic mass is 16.1. The van der Waals surface area contributed by atoms with Crippen LogP contribution < -0.4 is 0 Å². The molecule has 0 atom stereocenters. The largest absolute Gasteiger partial charge is 0.361 e. The lowest BCUT2D eigenvalue weighted by molar-refractivity contribution is -0.114. The Kier molecular flexibility index (Phi) is 2.68. The van der Waals surface area contributed by atoms with Crippen molar-refractivity contribution >= 4 is 16.7 Å². The zero-order valence-corrected chi connectivity index (χ0v) is 8.49. The van der Waals surface area contributed by atoms with Gasteiger partial charge in [-0.1, -0.05) is 24.8 Å². The standard InChI is InChI=1S/C13H13NO/c1-2-11(15)8-7-10-9-14-13-6-4-3-5-12(10)13/h2-6,9,14H,1,7-8H2. The summed E-state index contributed by atoms with van der Waals surface area (Å²) in [6.07, 6.45) is 4.66. The molecule has 15 heavy (non-hydrogen) atoms. The van der Waals surface area contributed by atoms with Gasteiger partial charge in [-0.2, -0.15) is 0 Å². The summed E-state index contributed by atoms with van der Waals surface area (Å²) in [7, 11) is 0. The summed E-state index contributed by atoms with van der Waals surface area (Å²) in [5.74, 6) is 0.0975. The van der Waals surface area contributed by atoms with Gasteiger partial charge in [-0.15, -0.1) is 0 Å². The van der Waals surface area contributed by atoms with E-state index in [9.17, 15) is 4.79 Å². The molecule has 0 amide bonds. The first-order valence-electron chi connectivity index (χ1n) is 5.01. The molecular formula is C13H13NO. The minimum atomic E-state index is 0.0975. The minimum Gasteiger partial charge on any atom is -0.361 e. The molecule has 1 aromatic carbocycles. The van der Waals surface area contributed by atoms with Crippen molar-refractivity contribution < 1.29 is 4.79 Å². The summed E-state index contributed by atoms with van der Waals surface area (Å²) in [5.41, 5.74) is 2.32. The first-order valence-corrected chi connectivity index (χ1v) is 5.01. The second-order valence-corrected chi connectivity index (χ2v) is 3.53. The average molecular weight is 199 g/mol. The predicted octanol–water partition coefficient (Wildman–Crippen LogP) is 2.86. The van der Waals surface area contributed by atoms with Crippen molar-refractivity contribution in [1.82, 2.24) is 4.98 Å². The van der Waals surface area contributed by atoms with Crippen LogP contribution >= 0.6 is 0 Å². The third-order valence-electron chi connectivity index (χ3n) is 2.54. The van der Waals surface area contributed by atoms with Crippen LogP contribution in [0, 0.1) is 0 Å². The fourth-order valence-corrected chi connectivity index (χ4v) is 1.70. The van der Waals surface area contributed by atoms with Crippen molar-refractivity contribution in [3.05, 3.63) is 48.7 Å². The third kappa shape index (κ3) is 1.99. The highest BCUT2D eigenvalue weighted by molar-refractivity contribution is 5.90. The van der Waals surface area contributed by atoms with Gasteiger partial charge >= 0.3 is 0 Å². The van der Waals surface area contributed by atoms with Crippen molar-refractivity contribution in [2.24, 2.45) is 0 Å². The summed E-state index contributed by atoms with van der Waals surface area (Å²) >= 11 is 0. The summed E-state index contributed by atoms with van der Waals surface area (Å²) in [4.78, 5) is 14.3. The number of ketones is 1. The van der Waals surface area contributed by atoms with Gasteiger partial charge in [0.2, 0.25) is 0 Å². The monoisotopic (exact) mass is 199 g/mol. The van der Waals surface area contributed by atoms with E-state index in [2.05, 4.69) is 17.6 Å². The third-order valence-corrected chi connectivity index (χ3v) is 2.54. The molecule has 2 heteroatoms. The van der Waals surface area contributed by atoms with Gasteiger partial charge in [-0.25, -0.2) is 0 Å². The number of hydrogen-bond donors (Lipinski definition) is 1. The van der Waals surface area contributed by atoms with Gasteiger partial charge in [0.25, 0.3) is 0 Å². The molecule has 0 radical (unpaired) electrons. The number of aryl methyl sites for hydroxylation is 1. The molecule has 0 fully saturated rings. The molecule has 2 rings (SSSR count). The number of carbonyl (C=O) groups excluding carboxylic acids is 1. The maximum atomic E-state index is 11.1. The van der Waals surface area contributed by atoms with E-state index in [0.29, 0.717) is 6.42 Å². The number of para-hydroxylation sites is 1. The Morgan fingerprint density at radius 2 is 2.20 bits per heavy atom. The number of carbonyl (C=O) groups is 1. The minimum absolute atomic E-state index is 0.0975. The van der Waals surface area contributed by atoms with Gasteiger partial charge < -0.3 is 4.98 Å². The van der Waals surface area contributed by atoms with Crippen LogP contribution in [-0.4, -0.2) is 10.8 Å². The van der Waals surface area contributed by atoms with E-state index >= 15 is 0 Å². The van der Waals surface area contributed by atoms with Crippen LogP contribution in [0.15, 0.2) is 43.1 Å². The van der Waals surface area contributed by atoms with Crippen LogP contribution in [0.25, 0.3) is 10.9 Å². The number of aromatic amines is 1. The van der Waals surface area contributed by atoms with Crippen molar-refractivity contribution in [3.63, 3.8) is 0 Å². The molecule has 0 saturated carbocycles. The number of hydrogen-bond acceptors (Lipinski definition) is 1. The summed E-state index contributed by atoms with van der Waals surface area (Å²) in [6.45, 7) is 3.47. The highest BCUT2D eigenvalue weighted by Crippen LogP contribution is 2.18. The lowest BCUT2D eigenvalue weighted by Gasteiger charge is -1.96. The fourth-order valence-electron chi connectivity index (χ4n) is 1.70. The molecule has 1 N–H and O–H groups in total. The Bertz CT molecular complexity index is 496. The molecule has 0 aliphatic carbocycles. The first-order chi connectivity index (χ1) is 7.31. The number of H-pyrrole nitrogens is 1. The van der Waals surface area contributed by atoms with E-state index in [0.717, 1.165) is 11.9 Å². The summed E-state index contributed by atoms with van der Waals surface area (Å²) in [5, 5.41) is 1.20. The number of fused-ring (bicyclic) bond motifs is 1. The molecule has 1 heterocycles. The topological polar surface area (TPSA) is 32.9 Å². The molecule has 0 spiro atoms. The number of nitrogens with one attached hydrogen (secondary N) is 1. The molecule has 0 aliphatic rings. The van der Waals surface area contributed by atoms with Crippen LogP contribution in [-0.2, 0) is 11.2 Å². The van der Waals surface area contributed by atoms with E-state index < -0.39 is 0 Å². The van der Waals surface area contributed by atoms with Crippen LogP contribution in [0.1, 0.15) is 12.0 Å². The van der Waals surface area contributed by atoms with Crippen LogP contribution in [0.5, 0.6) is 0 Å². The molecule has 2 nitrogen and oxygen atoms in total. The van der Waals surface area contributed by atoms with Gasteiger partial charge in [0.1, 0.15) is 0 Å². The normalized spacial score (nSPS) is 10.4. The van der Waals surface area contributed by atoms with Gasteiger partial charge in [-0.05, 0) is 24.1 Å². The molecule has 2 aromatic rings. The van der Waals surface area contributed by atoms with Gasteiger partial charge in [0, 0.05) is 23.5 Å². The van der Waals surface area contributed by atoms with E-state index in [4.69, 9.17) is 0 Å². The maximum Gasteiger partial charge on any atom is 0.155 e. The number of aromatic nitrogens is 1. The summed E-state index contributed by atoms with van der Waals surface area (Å²) in [6, 6.07) is 8.11. The molecule has 0 saturated heterocycles. The lowest BCUT2D eigenvalue weighted by atomic mass is 10.1. The fraction of sp³-hybridized carbons (Fsp3) is 0.154. The summed E-state index contributed by atoms with van der Waals surface area (Å²) < 4.78 is 0. The number of allylic oxidation sites excluding steroid dienone is 1. The number of rotatable bonds is 4. The van der Waals surface area contributed by atoms with E-state index in [1.54, 1.807) is 0 Å². The van der Waals surface area contributed by atoms with Crippen LogP contribution in [0.3, 0.4) is 0 Å². The van der Waals surface area contributed by atoms with E-state index in [1.807, 2.05) is 24.4 Å². The zero-order valence-electron chi connectivity index (χ0n) is 8.49. The highest BCUT2D eigenvalue weighted by Gasteiger charge is 2.04. The average Bonchev–Trinajstić information content (AvgIpc) is 2.69. The van der Waals surface area contributed by atoms with Crippen molar-refractivity contribution in [2.75, 3.05) is 0 Å². The molecule has 0 aliphatic heterocycles. The Morgan fingerprint density at radius 1 is 1.40 bits per heavy atom. The molecular weight excluding hydrogens is 186 g/mol. The first kappa shape index (κ1) is 9.71. The predicted molar refractivity (Wildman–Crippen MR) is 61.8 cm³/mol. The smallest absolute Gasteiger partial charge is 0.155 e. The van der Waals surface area contributed by atoms with E-state index in [1.165, 1.54) is 17.0 Å². The van der Waals surface area contributed by atoms with Crippen molar-refractivity contribution in [1.29, 1.82) is 0 Å². The molecule has 76 valence electrons. The Balaban J connectivity index is 2.21. The van der Waals surface area contributed by atoms with Gasteiger partial charge in [0.15, 0.2) is 5.78 Å². The van der Waals surface area contributed by atoms with Crippen LogP contribution in [0.2, 0.25) is 0 Å². The van der Waals surface area contributed by atoms with Gasteiger partial charge in [-0.3, -0.25) is 4.79 Å².